The van der Waals surface area contributed by atoms with Gasteiger partial charge in [-0.25, -0.2) is 19.2 Å². The molecule has 0 aliphatic carbocycles. The van der Waals surface area contributed by atoms with Crippen LogP contribution in [0.15, 0.2) is 235 Å². The van der Waals surface area contributed by atoms with Crippen LogP contribution in [0, 0.1) is 0 Å². The Morgan fingerprint density at radius 1 is 0.358 bits per heavy atom. The summed E-state index contributed by atoms with van der Waals surface area (Å²) in [5.41, 5.74) is 10.5. The van der Waals surface area contributed by atoms with E-state index in [0.29, 0.717) is 72.0 Å². The highest BCUT2D eigenvalue weighted by Gasteiger charge is 2.36. The van der Waals surface area contributed by atoms with E-state index in [0.717, 1.165) is 66.1 Å². The molecule has 5 heterocycles. The van der Waals surface area contributed by atoms with Gasteiger partial charge in [0.25, 0.3) is 0 Å². The molecule has 0 saturated carbocycles. The van der Waals surface area contributed by atoms with Crippen molar-refractivity contribution < 1.29 is 38.1 Å². The Morgan fingerprint density at radius 2 is 0.815 bits per heavy atom. The largest absolute Gasteiger partial charge is 0.422 e. The number of thioether (sulfide) groups is 1. The molecule has 0 amide bonds. The number of para-hydroxylation sites is 4. The molecule has 0 unspecified atom stereocenters. The smallest absolute Gasteiger partial charge is 0.361 e. The maximum Gasteiger partial charge on any atom is 0.361 e. The Bertz CT molecular complexity index is 4770. The first kappa shape index (κ1) is 47.5. The number of cyclic esters (lactones) is 2. The summed E-state index contributed by atoms with van der Waals surface area (Å²) >= 11 is 1.62. The number of ether oxygens (including phenoxy) is 4. The summed E-state index contributed by atoms with van der Waals surface area (Å²) in [4.78, 5) is 60.0. The van der Waals surface area contributed by atoms with E-state index < -0.39 is 23.9 Å². The van der Waals surface area contributed by atoms with E-state index in [1.165, 1.54) is 0 Å². The molecule has 4 aliphatic heterocycles. The van der Waals surface area contributed by atoms with Gasteiger partial charge in [0.2, 0.25) is 0 Å². The highest BCUT2D eigenvalue weighted by molar-refractivity contribution is 7.98. The number of hydrogen-bond donors (Lipinski definition) is 0. The zero-order valence-electron chi connectivity index (χ0n) is 43.0. The van der Waals surface area contributed by atoms with Crippen molar-refractivity contribution in [2.45, 2.75) is 4.90 Å². The molecule has 12 heteroatoms. The Kier molecular flexibility index (Phi) is 11.0. The molecule has 1 aromatic heterocycles. The number of anilines is 4. The van der Waals surface area contributed by atoms with Crippen molar-refractivity contribution in [3.63, 3.8) is 0 Å². The average molecular weight is 1070 g/mol. The summed E-state index contributed by atoms with van der Waals surface area (Å²) in [6.45, 7) is 0. The van der Waals surface area contributed by atoms with Crippen LogP contribution in [0.2, 0.25) is 0 Å². The second-order valence-corrected chi connectivity index (χ2v) is 20.7. The molecule has 0 atom stereocenters. The van der Waals surface area contributed by atoms with Gasteiger partial charge in [-0.1, -0.05) is 103 Å². The molecule has 4 aliphatic rings. The number of carbonyl (C=O) groups excluding carboxylic acids is 4. The zero-order valence-corrected chi connectivity index (χ0v) is 43.8. The Balaban J connectivity index is 0.800. The summed E-state index contributed by atoms with van der Waals surface area (Å²) < 4.78 is 26.1. The van der Waals surface area contributed by atoms with Crippen molar-refractivity contribution in [3.05, 3.63) is 274 Å². The van der Waals surface area contributed by atoms with Crippen LogP contribution < -0.4 is 40.1 Å². The third-order valence-electron chi connectivity index (χ3n) is 15.2. The third-order valence-corrected chi connectivity index (χ3v) is 15.9. The van der Waals surface area contributed by atoms with Crippen LogP contribution in [0.5, 0.6) is 11.5 Å². The molecular formula is C69H41N3O8S. The second kappa shape index (κ2) is 18.8. The second-order valence-electron chi connectivity index (χ2n) is 19.8. The molecule has 81 heavy (non-hydrogen) atoms. The number of fused-ring (bicyclic) bond motifs is 7. The van der Waals surface area contributed by atoms with Gasteiger partial charge < -0.3 is 33.3 Å². The van der Waals surface area contributed by atoms with Crippen LogP contribution in [0.1, 0.15) is 31.8 Å². The number of hydrogen-bond acceptors (Lipinski definition) is 11. The van der Waals surface area contributed by atoms with Gasteiger partial charge in [-0.3, -0.25) is 0 Å². The van der Waals surface area contributed by atoms with Crippen LogP contribution in [0.4, 0.5) is 22.7 Å². The molecular weight excluding hydrogens is 1030 g/mol. The van der Waals surface area contributed by atoms with Crippen molar-refractivity contribution in [3.8, 4) is 28.3 Å². The number of rotatable bonds is 11. The molecule has 0 radical (unpaired) electrons. The van der Waals surface area contributed by atoms with Gasteiger partial charge in [0.05, 0.1) is 32.6 Å². The van der Waals surface area contributed by atoms with E-state index >= 15 is 0 Å². The Hall–Kier alpha value is -10.7. The van der Waals surface area contributed by atoms with E-state index in [4.69, 9.17) is 18.9 Å². The predicted molar refractivity (Wildman–Crippen MR) is 313 cm³/mol. The lowest BCUT2D eigenvalue weighted by Crippen LogP contribution is -2.25. The summed E-state index contributed by atoms with van der Waals surface area (Å²) in [7, 11) is 0. The third kappa shape index (κ3) is 7.75. The Labute approximate surface area is 466 Å². The van der Waals surface area contributed by atoms with Crippen LogP contribution in [0.3, 0.4) is 0 Å². The summed E-state index contributed by atoms with van der Waals surface area (Å²) in [6, 6.07) is 74.1. The lowest BCUT2D eigenvalue weighted by molar-refractivity contribution is -0.128. The first-order chi connectivity index (χ1) is 39.8. The molecule has 10 aromatic carbocycles. The fraction of sp³-hybridized carbons (Fsp3) is 0.0145. The average Bonchev–Trinajstić information content (AvgIpc) is 4.51. The summed E-state index contributed by atoms with van der Waals surface area (Å²) in [5.74, 6) is -0.641. The van der Waals surface area contributed by atoms with Crippen molar-refractivity contribution >= 4 is 103 Å². The van der Waals surface area contributed by atoms with Crippen molar-refractivity contribution in [2.75, 3.05) is 16.1 Å². The van der Waals surface area contributed by atoms with Crippen molar-refractivity contribution in [1.82, 2.24) is 4.57 Å². The molecule has 11 aromatic rings. The monoisotopic (exact) mass is 1070 g/mol. The van der Waals surface area contributed by atoms with Crippen LogP contribution in [-0.4, -0.2) is 34.7 Å². The van der Waals surface area contributed by atoms with Crippen molar-refractivity contribution in [2.24, 2.45) is 0 Å². The van der Waals surface area contributed by atoms with Gasteiger partial charge in [-0.05, 0) is 145 Å². The molecule has 15 rings (SSSR count). The number of benzene rings is 10. The quantitative estimate of drug-likeness (QED) is 0.0700. The maximum absolute atomic E-state index is 14.4. The molecule has 0 fully saturated rings. The van der Waals surface area contributed by atoms with E-state index in [9.17, 15) is 19.2 Å². The van der Waals surface area contributed by atoms with Crippen LogP contribution in [-0.2, 0) is 19.1 Å². The van der Waals surface area contributed by atoms with Crippen molar-refractivity contribution in [1.29, 1.82) is 0 Å². The van der Waals surface area contributed by atoms with Crippen LogP contribution in [0.25, 0.3) is 61.5 Å². The van der Waals surface area contributed by atoms with E-state index in [1.807, 2.05) is 180 Å². The first-order valence-electron chi connectivity index (χ1n) is 26.1. The minimum atomic E-state index is -0.551. The number of nitrogens with zero attached hydrogens (tertiary/aromatic N) is 3. The van der Waals surface area contributed by atoms with Gasteiger partial charge in [-0.2, -0.15) is 0 Å². The van der Waals surface area contributed by atoms with Gasteiger partial charge in [0.1, 0.15) is 34.4 Å². The number of aromatic nitrogens is 1. The summed E-state index contributed by atoms with van der Waals surface area (Å²) in [5, 5.41) is 4.17. The van der Waals surface area contributed by atoms with E-state index in [2.05, 4.69) is 47.0 Å². The summed E-state index contributed by atoms with van der Waals surface area (Å²) in [6.07, 6.45) is 2.00. The van der Waals surface area contributed by atoms with E-state index in [1.54, 1.807) is 36.0 Å². The van der Waals surface area contributed by atoms with Crippen LogP contribution >= 0.6 is 11.8 Å². The predicted octanol–water partition coefficient (Wildman–Crippen LogP) is 11.6. The lowest BCUT2D eigenvalue weighted by Gasteiger charge is -2.25. The van der Waals surface area contributed by atoms with Gasteiger partial charge >= 0.3 is 23.9 Å². The molecule has 0 saturated heterocycles. The molecule has 386 valence electrons. The molecule has 0 spiro atoms. The highest BCUT2D eigenvalue weighted by Crippen LogP contribution is 2.40. The fourth-order valence-electron chi connectivity index (χ4n) is 11.5. The molecule has 0 N–H and O–H groups in total. The van der Waals surface area contributed by atoms with Gasteiger partial charge in [-0.15, -0.1) is 11.8 Å². The van der Waals surface area contributed by atoms with E-state index in [-0.39, 0.29) is 5.70 Å². The number of esters is 4. The molecule has 11 nitrogen and oxygen atoms in total. The Morgan fingerprint density at radius 3 is 1.36 bits per heavy atom. The normalized spacial score (nSPS) is 13.9. The molecule has 0 bridgehead atoms. The maximum atomic E-state index is 14.4. The number of carbonyl (C=O) groups is 4. The van der Waals surface area contributed by atoms with Gasteiger partial charge in [0, 0.05) is 65.7 Å². The topological polar surface area (TPSA) is 117 Å². The first-order valence-corrected chi connectivity index (χ1v) is 27.4. The van der Waals surface area contributed by atoms with Gasteiger partial charge in [0.15, 0.2) is 0 Å². The minimum Gasteiger partial charge on any atom is -0.422 e. The zero-order chi connectivity index (χ0) is 54.5. The highest BCUT2D eigenvalue weighted by atomic mass is 32.2. The lowest BCUT2D eigenvalue weighted by atomic mass is 10.0. The fourth-order valence-corrected chi connectivity index (χ4v) is 11.9. The SMILES string of the molecule is CSc1ccc(C2=c3cc4c(cc3C(=O)O2)=C(c2ccc(-n3c5ccccc5c5cc(-c6cccc(N(C7=c8cc9c(cc8OC7=O)=C(N(c7ccccc7)c7ccccc7)C(=O)O9)c7ccccc7)c6)ccc53)cc2)OC4=O)cc1. The minimum absolute atomic E-state index is 0.274. The standard InChI is InChI=1S/C69H41N3O8S/c1-81-49-31-26-41(27-32-49)65-53-37-54-52(36-55(53)67(74)80-65)64(79-66(54)73)40-24-29-47(30-25-40)72-58-23-12-11-22-50(58)51-35-43(28-33-59(51)72)42-14-13-21-48(34-42)71(46-19-9-4-10-20-46)63-57-39-60-56(38-61(57)78-69(63)76)62(68(75)77-60)70(44-15-5-2-6-16-44)45-17-7-3-8-18-45/h2-39H,1H3.